The van der Waals surface area contributed by atoms with E-state index in [-0.39, 0.29) is 38.3 Å². The van der Waals surface area contributed by atoms with Gasteiger partial charge in [0.05, 0.1) is 32.2 Å². The Morgan fingerprint density at radius 3 is 2.46 bits per heavy atom. The van der Waals surface area contributed by atoms with Crippen LogP contribution in [0.2, 0.25) is 0 Å². The van der Waals surface area contributed by atoms with Gasteiger partial charge in [-0.15, -0.1) is 0 Å². The molecule has 0 spiro atoms. The molecule has 3 fully saturated rings. The highest BCUT2D eigenvalue weighted by Crippen LogP contribution is 2.70. The van der Waals surface area contributed by atoms with Gasteiger partial charge in [0.25, 0.3) is 0 Å². The van der Waals surface area contributed by atoms with Crippen molar-refractivity contribution >= 4 is 23.5 Å². The van der Waals surface area contributed by atoms with Crippen molar-refractivity contribution in [1.82, 2.24) is 0 Å². The lowest BCUT2D eigenvalue weighted by molar-refractivity contribution is -0.220. The summed E-state index contributed by atoms with van der Waals surface area (Å²) in [4.78, 5) is 49.6. The normalized spacial score (nSPS) is 39.3. The van der Waals surface area contributed by atoms with Crippen molar-refractivity contribution in [1.29, 1.82) is 0 Å². The second-order valence-corrected chi connectivity index (χ2v) is 12.4. The first kappa shape index (κ1) is 31.5. The molecule has 0 unspecified atom stereocenters. The Kier molecular flexibility index (Phi) is 8.95. The molecule has 0 aliphatic heterocycles. The molecule has 11 heteroatoms. The van der Waals surface area contributed by atoms with Gasteiger partial charge in [0.1, 0.15) is 12.2 Å². The molecule has 228 valence electrons. The van der Waals surface area contributed by atoms with Crippen LogP contribution in [0.15, 0.2) is 23.8 Å². The molecular formula is C30H42FNO9. The first-order valence-corrected chi connectivity index (χ1v) is 14.4. The number of aliphatic hydroxyl groups is 2. The van der Waals surface area contributed by atoms with Crippen LogP contribution in [-0.2, 0) is 33.4 Å². The maximum absolute atomic E-state index is 17.2. The van der Waals surface area contributed by atoms with Gasteiger partial charge in [0.15, 0.2) is 18.1 Å². The Bertz CT molecular complexity index is 1140. The number of nitrogens with two attached hydrogens (primary N) is 1. The predicted octanol–water partition coefficient (Wildman–Crippen LogP) is 1.75. The first-order chi connectivity index (χ1) is 19.3. The number of alkyl halides is 1. The third-order valence-corrected chi connectivity index (χ3v) is 10.3. The number of ketones is 2. The summed E-state index contributed by atoms with van der Waals surface area (Å²) >= 11 is 0. The van der Waals surface area contributed by atoms with Gasteiger partial charge in [0.2, 0.25) is 5.78 Å². The average Bonchev–Trinajstić information content (AvgIpc) is 3.13. The molecule has 0 saturated heterocycles. The third-order valence-electron chi connectivity index (χ3n) is 10.3. The van der Waals surface area contributed by atoms with Crippen molar-refractivity contribution in [3.8, 4) is 0 Å². The topological polar surface area (TPSA) is 162 Å². The molecule has 10 nitrogen and oxygen atoms in total. The minimum Gasteiger partial charge on any atom is -0.463 e. The molecule has 0 bridgehead atoms. The number of aliphatic hydroxyl groups excluding tert-OH is 1. The largest absolute Gasteiger partial charge is 0.463 e. The number of esters is 2. The van der Waals surface area contributed by atoms with Gasteiger partial charge in [-0.25, -0.2) is 4.39 Å². The van der Waals surface area contributed by atoms with Gasteiger partial charge in [-0.05, 0) is 56.6 Å². The Morgan fingerprint density at radius 2 is 1.78 bits per heavy atom. The van der Waals surface area contributed by atoms with Gasteiger partial charge in [0, 0.05) is 23.3 Å². The van der Waals surface area contributed by atoms with Crippen LogP contribution in [0.5, 0.6) is 0 Å². The van der Waals surface area contributed by atoms with Crippen LogP contribution in [0.3, 0.4) is 0 Å². The van der Waals surface area contributed by atoms with Crippen molar-refractivity contribution in [3.63, 3.8) is 0 Å². The minimum atomic E-state index is -2.08. The zero-order valence-corrected chi connectivity index (χ0v) is 24.0. The van der Waals surface area contributed by atoms with Crippen molar-refractivity contribution in [3.05, 3.63) is 23.8 Å². The van der Waals surface area contributed by atoms with E-state index in [0.29, 0.717) is 38.0 Å². The second-order valence-electron chi connectivity index (χ2n) is 12.4. The Morgan fingerprint density at radius 1 is 1.10 bits per heavy atom. The van der Waals surface area contributed by atoms with Gasteiger partial charge in [-0.2, -0.15) is 0 Å². The van der Waals surface area contributed by atoms with Crippen LogP contribution in [0.4, 0.5) is 4.39 Å². The quantitative estimate of drug-likeness (QED) is 0.243. The SMILES string of the molecule is C[C@@H]1C[C@H]2[C@@H]3CCC4=CC(=O)C=C[C@]4(C)[C@@]3(F)[C@@H](O)C[C@]2(C)[C@@]1(O)C(=O)COC(=O)CCC(=O)OCCOCCN. The van der Waals surface area contributed by atoms with Gasteiger partial charge in [-0.1, -0.05) is 25.5 Å². The van der Waals surface area contributed by atoms with E-state index in [1.165, 1.54) is 12.2 Å². The van der Waals surface area contributed by atoms with Crippen molar-refractivity contribution in [2.24, 2.45) is 34.3 Å². The van der Waals surface area contributed by atoms with E-state index in [2.05, 4.69) is 0 Å². The second kappa shape index (κ2) is 11.7. The Hall–Kier alpha value is -2.47. The maximum Gasteiger partial charge on any atom is 0.306 e. The maximum atomic E-state index is 17.2. The van der Waals surface area contributed by atoms with Crippen LogP contribution in [0, 0.1) is 28.6 Å². The number of hydrogen-bond donors (Lipinski definition) is 3. The summed E-state index contributed by atoms with van der Waals surface area (Å²) in [5.41, 5.74) is -0.430. The van der Waals surface area contributed by atoms with E-state index < -0.39 is 70.3 Å². The van der Waals surface area contributed by atoms with E-state index in [1.807, 2.05) is 0 Å². The number of halogens is 1. The van der Waals surface area contributed by atoms with Gasteiger partial charge in [-0.3, -0.25) is 19.2 Å². The molecule has 4 aliphatic carbocycles. The van der Waals surface area contributed by atoms with Crippen LogP contribution in [0.25, 0.3) is 0 Å². The molecule has 0 aromatic heterocycles. The number of allylic oxidation sites excluding steroid dienone is 4. The summed E-state index contributed by atoms with van der Waals surface area (Å²) in [5, 5.41) is 23.4. The Balaban J connectivity index is 1.41. The van der Waals surface area contributed by atoms with Crippen molar-refractivity contribution in [2.45, 2.75) is 76.7 Å². The number of hydrogen-bond acceptors (Lipinski definition) is 10. The number of fused-ring (bicyclic) bond motifs is 5. The minimum absolute atomic E-state index is 0.0230. The van der Waals surface area contributed by atoms with E-state index in [4.69, 9.17) is 19.9 Å². The van der Waals surface area contributed by atoms with E-state index in [1.54, 1.807) is 26.8 Å². The fourth-order valence-electron chi connectivity index (χ4n) is 8.14. The summed E-state index contributed by atoms with van der Waals surface area (Å²) in [6, 6.07) is 0. The fraction of sp³-hybridized carbons (Fsp3) is 0.733. The van der Waals surface area contributed by atoms with Crippen LogP contribution in [-0.4, -0.2) is 84.1 Å². The van der Waals surface area contributed by atoms with Gasteiger partial charge < -0.3 is 30.2 Å². The zero-order valence-electron chi connectivity index (χ0n) is 24.0. The number of ether oxygens (including phenoxy) is 3. The molecule has 41 heavy (non-hydrogen) atoms. The summed E-state index contributed by atoms with van der Waals surface area (Å²) in [6.07, 6.45) is 3.35. The lowest BCUT2D eigenvalue weighted by Crippen LogP contribution is -2.69. The van der Waals surface area contributed by atoms with E-state index >= 15 is 4.39 Å². The average molecular weight is 580 g/mol. The molecule has 0 aromatic rings. The zero-order chi connectivity index (χ0) is 30.2. The highest BCUT2D eigenvalue weighted by atomic mass is 19.1. The monoisotopic (exact) mass is 579 g/mol. The summed E-state index contributed by atoms with van der Waals surface area (Å²) < 4.78 is 32.4. The fourth-order valence-corrected chi connectivity index (χ4v) is 8.14. The van der Waals surface area contributed by atoms with Crippen LogP contribution < -0.4 is 5.73 Å². The van der Waals surface area contributed by atoms with E-state index in [0.717, 1.165) is 0 Å². The molecular weight excluding hydrogens is 537 g/mol. The summed E-state index contributed by atoms with van der Waals surface area (Å²) in [7, 11) is 0. The van der Waals surface area contributed by atoms with E-state index in [9.17, 15) is 29.4 Å². The molecule has 0 amide bonds. The van der Waals surface area contributed by atoms with Crippen molar-refractivity contribution in [2.75, 3.05) is 33.0 Å². The summed E-state index contributed by atoms with van der Waals surface area (Å²) in [5.74, 6) is -4.00. The highest BCUT2D eigenvalue weighted by Gasteiger charge is 2.75. The lowest BCUT2D eigenvalue weighted by atomic mass is 9.44. The number of carbonyl (C=O) groups is 4. The van der Waals surface area contributed by atoms with Crippen LogP contribution >= 0.6 is 0 Å². The molecule has 0 aromatic carbocycles. The molecule has 0 heterocycles. The predicted molar refractivity (Wildman–Crippen MR) is 144 cm³/mol. The summed E-state index contributed by atoms with van der Waals surface area (Å²) in [6.45, 7) is 5.33. The van der Waals surface area contributed by atoms with Crippen molar-refractivity contribution < 1.29 is 48.0 Å². The lowest BCUT2D eigenvalue weighted by Gasteiger charge is -2.62. The van der Waals surface area contributed by atoms with Gasteiger partial charge >= 0.3 is 11.9 Å². The number of rotatable bonds is 11. The molecule has 0 radical (unpaired) electrons. The Labute approximate surface area is 239 Å². The molecule has 8 atom stereocenters. The van der Waals surface area contributed by atoms with Crippen LogP contribution in [0.1, 0.15) is 59.3 Å². The highest BCUT2D eigenvalue weighted by molar-refractivity contribution is 6.01. The standard InChI is InChI=1S/C30H42FNO9/c1-18-14-22-21-5-4-19-15-20(33)8-9-27(19,2)29(21,31)23(34)16-28(22,3)30(18,38)24(35)17-41-26(37)7-6-25(36)40-13-12-39-11-10-32/h8-9,15,18,21-23,34,38H,4-7,10-14,16-17,32H2,1-3H3/t18-,21+,22+,23+,27+,28+,29+,30+/m1/s1. The molecule has 3 saturated carbocycles. The molecule has 4 rings (SSSR count). The third kappa shape index (κ3) is 5.08. The first-order valence-electron chi connectivity index (χ1n) is 14.4. The molecule has 4 aliphatic rings. The number of Topliss-reactive ketones (excluding diaryl/α,β-unsaturated/α-hetero) is 1. The smallest absolute Gasteiger partial charge is 0.306 e. The number of carbonyl (C=O) groups excluding carboxylic acids is 4. The molecule has 4 N–H and O–H groups in total.